The summed E-state index contributed by atoms with van der Waals surface area (Å²) in [5.41, 5.74) is -0.795. The van der Waals surface area contributed by atoms with E-state index in [0.29, 0.717) is 0 Å². The summed E-state index contributed by atoms with van der Waals surface area (Å²) in [6.07, 6.45) is -1.76. The highest BCUT2D eigenvalue weighted by Gasteiger charge is 2.43. The largest absolute Gasteiger partial charge is 0.482 e. The van der Waals surface area contributed by atoms with Gasteiger partial charge >= 0.3 is 12.1 Å². The summed E-state index contributed by atoms with van der Waals surface area (Å²) < 4.78 is 37.7. The van der Waals surface area contributed by atoms with Crippen LogP contribution in [-0.4, -0.2) is 46.4 Å². The highest BCUT2D eigenvalue weighted by Crippen LogP contribution is 2.28. The zero-order valence-corrected chi connectivity index (χ0v) is 13.6. The number of rotatable bonds is 3. The van der Waals surface area contributed by atoms with Crippen LogP contribution < -0.4 is 4.74 Å². The molecule has 1 aliphatic heterocycles. The smallest absolute Gasteiger partial charge is 0.411 e. The van der Waals surface area contributed by atoms with Gasteiger partial charge in [-0.05, 0) is 32.9 Å². The second kappa shape index (κ2) is 6.62. The van der Waals surface area contributed by atoms with Crippen LogP contribution in [0, 0.1) is 11.6 Å². The van der Waals surface area contributed by atoms with Gasteiger partial charge < -0.3 is 14.6 Å². The summed E-state index contributed by atoms with van der Waals surface area (Å²) in [4.78, 5) is 24.5. The van der Waals surface area contributed by atoms with Crippen molar-refractivity contribution in [2.75, 3.05) is 6.54 Å². The Hall–Kier alpha value is -2.38. The summed E-state index contributed by atoms with van der Waals surface area (Å²) in [6.45, 7) is 4.82. The number of amides is 1. The maximum atomic E-state index is 13.7. The molecule has 0 aromatic heterocycles. The molecule has 0 unspecified atom stereocenters. The number of carbonyl (C=O) groups excluding carboxylic acids is 1. The number of aliphatic carboxylic acids is 1. The van der Waals surface area contributed by atoms with Crippen LogP contribution in [0.5, 0.6) is 5.75 Å². The first-order valence-electron chi connectivity index (χ1n) is 7.41. The SMILES string of the molecule is CC(C)(C)OC(=O)N1C[C@H](Oc2c(F)cccc2F)C[C@H]1C(=O)O. The van der Waals surface area contributed by atoms with E-state index in [2.05, 4.69) is 0 Å². The maximum absolute atomic E-state index is 13.7. The van der Waals surface area contributed by atoms with E-state index in [4.69, 9.17) is 9.47 Å². The zero-order valence-electron chi connectivity index (χ0n) is 13.6. The number of para-hydroxylation sites is 1. The molecule has 0 saturated carbocycles. The third-order valence-corrected chi connectivity index (χ3v) is 3.38. The van der Waals surface area contributed by atoms with Crippen molar-refractivity contribution in [3.05, 3.63) is 29.8 Å². The predicted molar refractivity (Wildman–Crippen MR) is 79.8 cm³/mol. The van der Waals surface area contributed by atoms with Gasteiger partial charge in [-0.3, -0.25) is 4.90 Å². The summed E-state index contributed by atoms with van der Waals surface area (Å²) in [5, 5.41) is 9.27. The second-order valence-corrected chi connectivity index (χ2v) is 6.51. The fraction of sp³-hybridized carbons (Fsp3) is 0.500. The van der Waals surface area contributed by atoms with E-state index in [-0.39, 0.29) is 13.0 Å². The Morgan fingerprint density at radius 1 is 1.25 bits per heavy atom. The van der Waals surface area contributed by atoms with Gasteiger partial charge in [-0.2, -0.15) is 0 Å². The molecule has 2 rings (SSSR count). The lowest BCUT2D eigenvalue weighted by molar-refractivity contribution is -0.142. The van der Waals surface area contributed by atoms with Crippen molar-refractivity contribution in [3.8, 4) is 5.75 Å². The number of ether oxygens (including phenoxy) is 2. The van der Waals surface area contributed by atoms with Crippen molar-refractivity contribution in [3.63, 3.8) is 0 Å². The number of benzene rings is 1. The van der Waals surface area contributed by atoms with Gasteiger partial charge in [-0.25, -0.2) is 18.4 Å². The van der Waals surface area contributed by atoms with Crippen LogP contribution in [0.25, 0.3) is 0 Å². The van der Waals surface area contributed by atoms with Crippen molar-refractivity contribution in [2.45, 2.75) is 44.9 Å². The molecule has 6 nitrogen and oxygen atoms in total. The number of carboxylic acids is 1. The fourth-order valence-electron chi connectivity index (χ4n) is 2.40. The Morgan fingerprint density at radius 2 is 1.83 bits per heavy atom. The van der Waals surface area contributed by atoms with Gasteiger partial charge in [0.2, 0.25) is 0 Å². The lowest BCUT2D eigenvalue weighted by Gasteiger charge is -2.26. The van der Waals surface area contributed by atoms with E-state index in [1.54, 1.807) is 20.8 Å². The quantitative estimate of drug-likeness (QED) is 0.913. The van der Waals surface area contributed by atoms with Crippen LogP contribution >= 0.6 is 0 Å². The molecule has 0 radical (unpaired) electrons. The first-order valence-corrected chi connectivity index (χ1v) is 7.41. The van der Waals surface area contributed by atoms with E-state index in [9.17, 15) is 23.5 Å². The minimum absolute atomic E-state index is 0.0949. The molecule has 1 amide bonds. The third-order valence-electron chi connectivity index (χ3n) is 3.38. The summed E-state index contributed by atoms with van der Waals surface area (Å²) in [5.74, 6) is -3.60. The van der Waals surface area contributed by atoms with Gasteiger partial charge in [-0.1, -0.05) is 6.07 Å². The lowest BCUT2D eigenvalue weighted by Crippen LogP contribution is -2.43. The van der Waals surface area contributed by atoms with Gasteiger partial charge in [0, 0.05) is 6.42 Å². The molecular weight excluding hydrogens is 324 g/mol. The average Bonchev–Trinajstić information content (AvgIpc) is 2.85. The van der Waals surface area contributed by atoms with Crippen molar-refractivity contribution >= 4 is 12.1 Å². The molecule has 0 aliphatic carbocycles. The Bertz CT molecular complexity index is 624. The molecule has 132 valence electrons. The predicted octanol–water partition coefficient (Wildman–Crippen LogP) is 2.81. The number of carbonyl (C=O) groups is 2. The van der Waals surface area contributed by atoms with Crippen LogP contribution in [0.1, 0.15) is 27.2 Å². The first kappa shape index (κ1) is 18.0. The van der Waals surface area contributed by atoms with Gasteiger partial charge in [0.15, 0.2) is 17.4 Å². The van der Waals surface area contributed by atoms with Crippen molar-refractivity contribution < 1.29 is 33.0 Å². The number of hydrogen-bond acceptors (Lipinski definition) is 4. The van der Waals surface area contributed by atoms with E-state index >= 15 is 0 Å². The van der Waals surface area contributed by atoms with Gasteiger partial charge in [0.05, 0.1) is 6.54 Å². The Labute approximate surface area is 138 Å². The molecule has 1 N–H and O–H groups in total. The van der Waals surface area contributed by atoms with Crippen LogP contribution in [0.15, 0.2) is 18.2 Å². The molecule has 1 heterocycles. The average molecular weight is 343 g/mol. The van der Waals surface area contributed by atoms with E-state index in [1.165, 1.54) is 6.07 Å². The minimum atomic E-state index is -1.24. The number of likely N-dealkylation sites (tertiary alicyclic amines) is 1. The summed E-state index contributed by atoms with van der Waals surface area (Å²) in [7, 11) is 0. The topological polar surface area (TPSA) is 76.1 Å². The molecule has 0 bridgehead atoms. The fourth-order valence-corrected chi connectivity index (χ4v) is 2.40. The molecule has 1 aliphatic rings. The monoisotopic (exact) mass is 343 g/mol. The molecule has 1 aromatic rings. The Morgan fingerprint density at radius 3 is 2.33 bits per heavy atom. The van der Waals surface area contributed by atoms with Crippen LogP contribution in [0.3, 0.4) is 0 Å². The van der Waals surface area contributed by atoms with Crippen LogP contribution in [-0.2, 0) is 9.53 Å². The number of halogens is 2. The first-order chi connectivity index (χ1) is 11.1. The zero-order chi connectivity index (χ0) is 18.1. The number of hydrogen-bond donors (Lipinski definition) is 1. The van der Waals surface area contributed by atoms with Gasteiger partial charge in [-0.15, -0.1) is 0 Å². The number of carboxylic acid groups (broad SMARTS) is 1. The molecule has 1 saturated heterocycles. The van der Waals surface area contributed by atoms with Gasteiger partial charge in [0.25, 0.3) is 0 Å². The van der Waals surface area contributed by atoms with Crippen molar-refractivity contribution in [2.24, 2.45) is 0 Å². The molecule has 8 heteroatoms. The maximum Gasteiger partial charge on any atom is 0.411 e. The third kappa shape index (κ3) is 4.12. The molecule has 24 heavy (non-hydrogen) atoms. The Kier molecular flexibility index (Phi) is 4.96. The lowest BCUT2D eigenvalue weighted by atomic mass is 10.2. The standard InChI is InChI=1S/C16H19F2NO5/c1-16(2,3)24-15(22)19-8-9(7-12(19)14(20)21)23-13-10(17)5-4-6-11(13)18/h4-6,9,12H,7-8H2,1-3H3,(H,20,21)/t9-,12+/m1/s1. The second-order valence-electron chi connectivity index (χ2n) is 6.51. The molecular formula is C16H19F2NO5. The van der Waals surface area contributed by atoms with Crippen LogP contribution in [0.2, 0.25) is 0 Å². The minimum Gasteiger partial charge on any atom is -0.482 e. The molecule has 0 spiro atoms. The molecule has 2 atom stereocenters. The summed E-state index contributed by atoms with van der Waals surface area (Å²) >= 11 is 0. The van der Waals surface area contributed by atoms with Crippen LogP contribution in [0.4, 0.5) is 13.6 Å². The van der Waals surface area contributed by atoms with E-state index in [0.717, 1.165) is 17.0 Å². The highest BCUT2D eigenvalue weighted by molar-refractivity contribution is 5.81. The molecule has 1 fully saturated rings. The van der Waals surface area contributed by atoms with Crippen molar-refractivity contribution in [1.82, 2.24) is 4.90 Å². The highest BCUT2D eigenvalue weighted by atomic mass is 19.1. The Balaban J connectivity index is 2.15. The van der Waals surface area contributed by atoms with E-state index in [1.807, 2.05) is 0 Å². The van der Waals surface area contributed by atoms with E-state index < -0.39 is 47.2 Å². The normalized spacial score (nSPS) is 20.8. The van der Waals surface area contributed by atoms with Crippen molar-refractivity contribution in [1.29, 1.82) is 0 Å². The summed E-state index contributed by atoms with van der Waals surface area (Å²) in [6, 6.07) is 2.08. The molecule has 1 aromatic carbocycles. The number of nitrogens with zero attached hydrogens (tertiary/aromatic N) is 1. The van der Waals surface area contributed by atoms with Gasteiger partial charge in [0.1, 0.15) is 17.7 Å².